The van der Waals surface area contributed by atoms with Crippen molar-refractivity contribution in [3.63, 3.8) is 0 Å². The van der Waals surface area contributed by atoms with E-state index in [-0.39, 0.29) is 5.95 Å². The zero-order valence-electron chi connectivity index (χ0n) is 21.0. The van der Waals surface area contributed by atoms with Gasteiger partial charge >= 0.3 is 0 Å². The van der Waals surface area contributed by atoms with E-state index >= 15 is 0 Å². The number of nitrogens with zero attached hydrogens (tertiary/aromatic N) is 6. The highest BCUT2D eigenvalue weighted by Gasteiger charge is 2.19. The van der Waals surface area contributed by atoms with E-state index in [2.05, 4.69) is 79.0 Å². The van der Waals surface area contributed by atoms with Crippen LogP contribution in [0.25, 0.3) is 23.2 Å². The highest BCUT2D eigenvalue weighted by Crippen LogP contribution is 2.31. The summed E-state index contributed by atoms with van der Waals surface area (Å²) in [5, 5.41) is 16.8. The molecule has 0 unspecified atom stereocenters. The second-order valence-electron chi connectivity index (χ2n) is 9.80. The second kappa shape index (κ2) is 10.5. The Morgan fingerprint density at radius 3 is 2.57 bits per heavy atom. The molecule has 37 heavy (non-hydrogen) atoms. The summed E-state index contributed by atoms with van der Waals surface area (Å²) in [6, 6.07) is 18.7. The van der Waals surface area contributed by atoms with Gasteiger partial charge in [-0.15, -0.1) is 15.3 Å². The molecule has 4 aromatic rings. The van der Waals surface area contributed by atoms with E-state index in [1.165, 1.54) is 43.5 Å². The Balaban J connectivity index is 1.15. The van der Waals surface area contributed by atoms with Gasteiger partial charge in [0, 0.05) is 17.8 Å². The second-order valence-corrected chi connectivity index (χ2v) is 9.80. The summed E-state index contributed by atoms with van der Waals surface area (Å²) in [7, 11) is 0. The lowest BCUT2D eigenvalue weighted by atomic mass is 10.0. The van der Waals surface area contributed by atoms with Crippen molar-refractivity contribution in [2.45, 2.75) is 38.5 Å². The molecular weight excluding hydrogens is 460 g/mol. The van der Waals surface area contributed by atoms with Crippen molar-refractivity contribution >= 4 is 23.7 Å². The van der Waals surface area contributed by atoms with Gasteiger partial charge in [0.1, 0.15) is 0 Å². The molecule has 3 N–H and O–H groups in total. The topological polar surface area (TPSA) is 97.8 Å². The Kier molecular flexibility index (Phi) is 6.64. The van der Waals surface area contributed by atoms with Gasteiger partial charge in [-0.25, -0.2) is 0 Å². The highest BCUT2D eigenvalue weighted by atomic mass is 15.4. The first-order valence-electron chi connectivity index (χ1n) is 13.2. The molecule has 1 aliphatic heterocycles. The van der Waals surface area contributed by atoms with Crippen molar-refractivity contribution in [3.05, 3.63) is 77.4 Å². The van der Waals surface area contributed by atoms with Crippen molar-refractivity contribution in [1.29, 1.82) is 0 Å². The van der Waals surface area contributed by atoms with E-state index < -0.39 is 0 Å². The van der Waals surface area contributed by atoms with Gasteiger partial charge in [0.05, 0.1) is 5.69 Å². The minimum Gasteiger partial charge on any atom is -0.368 e. The number of anilines is 3. The molecule has 0 bridgehead atoms. The molecule has 1 saturated heterocycles. The number of nitrogen functional groups attached to an aromatic ring is 1. The Morgan fingerprint density at radius 2 is 1.70 bits per heavy atom. The molecule has 2 aliphatic rings. The summed E-state index contributed by atoms with van der Waals surface area (Å²) < 4.78 is 1.55. The van der Waals surface area contributed by atoms with Crippen LogP contribution in [0.4, 0.5) is 17.6 Å². The number of hydrogen-bond acceptors (Lipinski definition) is 7. The first kappa shape index (κ1) is 23.4. The first-order valence-corrected chi connectivity index (χ1v) is 13.2. The van der Waals surface area contributed by atoms with Crippen LogP contribution in [-0.4, -0.2) is 49.5 Å². The van der Waals surface area contributed by atoms with Crippen molar-refractivity contribution in [2.24, 2.45) is 0 Å². The van der Waals surface area contributed by atoms with Crippen molar-refractivity contribution in [2.75, 3.05) is 30.7 Å². The summed E-state index contributed by atoms with van der Waals surface area (Å²) in [4.78, 5) is 6.91. The van der Waals surface area contributed by atoms with Crippen LogP contribution in [0, 0.1) is 0 Å². The van der Waals surface area contributed by atoms with Crippen molar-refractivity contribution < 1.29 is 0 Å². The highest BCUT2D eigenvalue weighted by molar-refractivity contribution is 5.68. The van der Waals surface area contributed by atoms with Crippen LogP contribution in [-0.2, 0) is 12.8 Å². The number of fused-ring (bicyclic) bond motifs is 3. The summed E-state index contributed by atoms with van der Waals surface area (Å²) >= 11 is 0. The maximum atomic E-state index is 6.22. The molecule has 0 amide bonds. The Labute approximate surface area is 217 Å². The van der Waals surface area contributed by atoms with Crippen LogP contribution in [0.15, 0.2) is 60.7 Å². The predicted octanol–water partition coefficient (Wildman–Crippen LogP) is 5.04. The number of benzene rings is 2. The quantitative estimate of drug-likeness (QED) is 0.389. The lowest BCUT2D eigenvalue weighted by Crippen LogP contribution is -2.29. The number of nitrogens with one attached hydrogen (secondary N) is 1. The van der Waals surface area contributed by atoms with E-state index in [1.807, 2.05) is 18.2 Å². The van der Waals surface area contributed by atoms with Gasteiger partial charge in [0.15, 0.2) is 5.82 Å². The van der Waals surface area contributed by atoms with Crippen LogP contribution >= 0.6 is 0 Å². The zero-order valence-corrected chi connectivity index (χ0v) is 21.0. The normalized spacial score (nSPS) is 15.8. The van der Waals surface area contributed by atoms with Gasteiger partial charge in [0.2, 0.25) is 11.9 Å². The average Bonchev–Trinajstić information content (AvgIpc) is 3.19. The van der Waals surface area contributed by atoms with E-state index in [1.54, 1.807) is 4.68 Å². The summed E-state index contributed by atoms with van der Waals surface area (Å²) in [6.07, 6.45) is 11.5. The smallest absolute Gasteiger partial charge is 0.248 e. The van der Waals surface area contributed by atoms with Crippen LogP contribution < -0.4 is 11.1 Å². The number of hydrogen-bond donors (Lipinski definition) is 2. The van der Waals surface area contributed by atoms with Gasteiger partial charge in [-0.05, 0) is 80.1 Å². The molecular formula is C29H32N8. The fraction of sp³-hybridized carbons (Fsp3) is 0.310. The van der Waals surface area contributed by atoms with Gasteiger partial charge in [-0.2, -0.15) is 9.67 Å². The van der Waals surface area contributed by atoms with Crippen LogP contribution in [0.1, 0.15) is 42.4 Å². The number of aryl methyl sites for hydroxylation is 2. The largest absolute Gasteiger partial charge is 0.368 e. The van der Waals surface area contributed by atoms with E-state index in [4.69, 9.17) is 5.73 Å². The maximum Gasteiger partial charge on any atom is 0.248 e. The van der Waals surface area contributed by atoms with E-state index in [9.17, 15) is 0 Å². The first-order chi connectivity index (χ1) is 18.2. The van der Waals surface area contributed by atoms with Crippen molar-refractivity contribution in [1.82, 2.24) is 29.9 Å². The molecule has 1 aliphatic carbocycles. The fourth-order valence-electron chi connectivity index (χ4n) is 5.21. The minimum absolute atomic E-state index is 0.267. The molecule has 0 radical (unpaired) electrons. The summed E-state index contributed by atoms with van der Waals surface area (Å²) in [5.74, 6) is 1.27. The predicted molar refractivity (Wildman–Crippen MR) is 148 cm³/mol. The molecule has 2 aromatic carbocycles. The van der Waals surface area contributed by atoms with E-state index in [0.717, 1.165) is 48.3 Å². The third-order valence-corrected chi connectivity index (χ3v) is 7.16. The molecule has 8 heteroatoms. The fourth-order valence-corrected chi connectivity index (χ4v) is 5.21. The van der Waals surface area contributed by atoms with Gasteiger partial charge in [-0.1, -0.05) is 55.0 Å². The lowest BCUT2D eigenvalue weighted by molar-refractivity contribution is 0.252. The molecule has 0 saturated carbocycles. The zero-order chi connectivity index (χ0) is 25.0. The molecule has 8 nitrogen and oxygen atoms in total. The van der Waals surface area contributed by atoms with Crippen LogP contribution in [0.5, 0.6) is 0 Å². The molecule has 3 heterocycles. The molecule has 1 fully saturated rings. The Hall–Kier alpha value is -4.04. The molecule has 2 aromatic heterocycles. The Bertz CT molecular complexity index is 1400. The monoisotopic (exact) mass is 492 g/mol. The molecule has 0 spiro atoms. The number of aromatic nitrogens is 5. The average molecular weight is 493 g/mol. The maximum absolute atomic E-state index is 6.22. The van der Waals surface area contributed by atoms with Gasteiger partial charge < -0.3 is 11.1 Å². The molecule has 6 rings (SSSR count). The summed E-state index contributed by atoms with van der Waals surface area (Å²) in [6.45, 7) is 3.43. The SMILES string of the molecule is Nc1nc(Nc2ccc(C=CCN3CCCCC3)cc2)nn1-c1cc2c(nn1)-c1ccccc1CCC2. The van der Waals surface area contributed by atoms with Gasteiger partial charge in [0.25, 0.3) is 0 Å². The van der Waals surface area contributed by atoms with Crippen molar-refractivity contribution in [3.8, 4) is 17.1 Å². The minimum atomic E-state index is 0.267. The number of likely N-dealkylation sites (tertiary alicyclic amines) is 1. The van der Waals surface area contributed by atoms with Gasteiger partial charge in [-0.3, -0.25) is 4.90 Å². The molecule has 0 atom stereocenters. The van der Waals surface area contributed by atoms with E-state index in [0.29, 0.717) is 11.8 Å². The standard InChI is InChI=1S/C29H32N8/c30-28-32-29(31-24-15-13-21(14-16-24)8-7-19-36-17-4-1-5-18-36)35-37(28)26-20-23-11-6-10-22-9-2-3-12-25(22)27(23)34-33-26/h2-3,7-9,12-16,20H,1,4-6,10-11,17-19H2,(H3,30,31,32,35). The lowest BCUT2D eigenvalue weighted by Gasteiger charge is -2.24. The van der Waals surface area contributed by atoms with Crippen LogP contribution in [0.2, 0.25) is 0 Å². The third kappa shape index (κ3) is 5.24. The summed E-state index contributed by atoms with van der Waals surface area (Å²) in [5.41, 5.74) is 12.9. The number of rotatable bonds is 6. The third-order valence-electron chi connectivity index (χ3n) is 7.16. The number of piperidine rings is 1. The molecule has 188 valence electrons. The number of nitrogens with two attached hydrogens (primary N) is 1. The Morgan fingerprint density at radius 1 is 0.892 bits per heavy atom. The van der Waals surface area contributed by atoms with Crippen LogP contribution in [0.3, 0.4) is 0 Å².